The lowest BCUT2D eigenvalue weighted by Gasteiger charge is -2.21. The second-order valence-corrected chi connectivity index (χ2v) is 2.57. The largest absolute Gasteiger partial charge is 0.457 e. The van der Waals surface area contributed by atoms with E-state index < -0.39 is 23.8 Å². The Morgan fingerprint density at radius 2 is 2.36 bits per heavy atom. The lowest BCUT2D eigenvalue weighted by atomic mass is 9.94. The van der Waals surface area contributed by atoms with Gasteiger partial charge >= 0.3 is 5.97 Å². The molecule has 1 aliphatic heterocycles. The van der Waals surface area contributed by atoms with Crippen LogP contribution >= 0.6 is 0 Å². The summed E-state index contributed by atoms with van der Waals surface area (Å²) in [4.78, 5) is 10.7. The molecule has 0 aromatic heterocycles. The fourth-order valence-corrected chi connectivity index (χ4v) is 1.02. The maximum absolute atomic E-state index is 10.7. The van der Waals surface area contributed by atoms with E-state index in [-0.39, 0.29) is 0 Å². The van der Waals surface area contributed by atoms with Crippen molar-refractivity contribution in [3.63, 3.8) is 0 Å². The summed E-state index contributed by atoms with van der Waals surface area (Å²) in [5.41, 5.74) is -1.63. The van der Waals surface area contributed by atoms with Gasteiger partial charge in [-0.2, -0.15) is 0 Å². The Bertz CT molecular complexity index is 201. The molecule has 1 saturated heterocycles. The van der Waals surface area contributed by atoms with Crippen LogP contribution in [-0.4, -0.2) is 34.0 Å². The SMILES string of the molecule is C=C[C@@]1(O)[C@@H](C)OC(=O)[C@@H]1O. The molecule has 0 aliphatic carbocycles. The van der Waals surface area contributed by atoms with Crippen molar-refractivity contribution in [2.75, 3.05) is 0 Å². The molecule has 0 unspecified atom stereocenters. The second-order valence-electron chi connectivity index (χ2n) is 2.57. The minimum absolute atomic E-state index is 0.734. The van der Waals surface area contributed by atoms with E-state index in [4.69, 9.17) is 5.11 Å². The van der Waals surface area contributed by atoms with Crippen molar-refractivity contribution < 1.29 is 19.7 Å². The molecule has 4 heteroatoms. The van der Waals surface area contributed by atoms with Crippen LogP contribution < -0.4 is 0 Å². The van der Waals surface area contributed by atoms with Gasteiger partial charge in [0.15, 0.2) is 11.7 Å². The van der Waals surface area contributed by atoms with Crippen molar-refractivity contribution >= 4 is 5.97 Å². The van der Waals surface area contributed by atoms with Crippen LogP contribution in [0.3, 0.4) is 0 Å². The molecule has 0 radical (unpaired) electrons. The van der Waals surface area contributed by atoms with Crippen LogP contribution in [0.4, 0.5) is 0 Å². The third-order valence-electron chi connectivity index (χ3n) is 1.93. The van der Waals surface area contributed by atoms with Gasteiger partial charge in [0.05, 0.1) is 0 Å². The Labute approximate surface area is 64.1 Å². The molecular formula is C7H10O4. The summed E-state index contributed by atoms with van der Waals surface area (Å²) in [5, 5.41) is 18.6. The number of hydrogen-bond acceptors (Lipinski definition) is 4. The first-order valence-electron chi connectivity index (χ1n) is 3.27. The highest BCUT2D eigenvalue weighted by molar-refractivity contribution is 5.79. The van der Waals surface area contributed by atoms with E-state index in [0.717, 1.165) is 6.08 Å². The molecule has 11 heavy (non-hydrogen) atoms. The van der Waals surface area contributed by atoms with E-state index >= 15 is 0 Å². The van der Waals surface area contributed by atoms with Crippen molar-refractivity contribution in [3.8, 4) is 0 Å². The number of aliphatic hydroxyl groups excluding tert-OH is 1. The zero-order valence-corrected chi connectivity index (χ0v) is 6.15. The minimum atomic E-state index is -1.63. The van der Waals surface area contributed by atoms with Crippen LogP contribution in [0.25, 0.3) is 0 Å². The molecule has 1 rings (SSSR count). The first-order valence-corrected chi connectivity index (χ1v) is 3.27. The van der Waals surface area contributed by atoms with Gasteiger partial charge in [-0.05, 0) is 6.92 Å². The summed E-state index contributed by atoms with van der Waals surface area (Å²) in [7, 11) is 0. The Morgan fingerprint density at radius 3 is 2.55 bits per heavy atom. The van der Waals surface area contributed by atoms with Crippen LogP contribution in [0.15, 0.2) is 12.7 Å². The van der Waals surface area contributed by atoms with E-state index in [9.17, 15) is 9.90 Å². The quantitative estimate of drug-likeness (QED) is 0.387. The summed E-state index contributed by atoms with van der Waals surface area (Å²) in [6.07, 6.45) is -1.12. The number of ether oxygens (including phenoxy) is 1. The Balaban J connectivity index is 2.95. The lowest BCUT2D eigenvalue weighted by Crippen LogP contribution is -2.44. The van der Waals surface area contributed by atoms with E-state index in [0.29, 0.717) is 0 Å². The van der Waals surface area contributed by atoms with Gasteiger partial charge in [-0.3, -0.25) is 0 Å². The number of esters is 1. The highest BCUT2D eigenvalue weighted by Gasteiger charge is 2.51. The molecule has 0 aromatic carbocycles. The number of carbonyl (C=O) groups is 1. The first kappa shape index (κ1) is 8.23. The topological polar surface area (TPSA) is 66.8 Å². The molecule has 0 aromatic rings. The Morgan fingerprint density at radius 1 is 1.82 bits per heavy atom. The molecule has 1 fully saturated rings. The smallest absolute Gasteiger partial charge is 0.338 e. The highest BCUT2D eigenvalue weighted by Crippen LogP contribution is 2.27. The maximum Gasteiger partial charge on any atom is 0.338 e. The summed E-state index contributed by atoms with van der Waals surface area (Å²) in [6, 6.07) is 0. The summed E-state index contributed by atoms with van der Waals surface area (Å²) < 4.78 is 4.57. The van der Waals surface area contributed by atoms with Gasteiger partial charge in [-0.25, -0.2) is 4.79 Å². The average molecular weight is 158 g/mol. The molecule has 62 valence electrons. The van der Waals surface area contributed by atoms with E-state index in [1.165, 1.54) is 6.92 Å². The molecule has 0 bridgehead atoms. The fourth-order valence-electron chi connectivity index (χ4n) is 1.02. The van der Waals surface area contributed by atoms with E-state index in [1.54, 1.807) is 0 Å². The third-order valence-corrected chi connectivity index (χ3v) is 1.93. The molecule has 0 spiro atoms. The normalized spacial score (nSPS) is 43.7. The van der Waals surface area contributed by atoms with E-state index in [1.807, 2.05) is 0 Å². The summed E-state index contributed by atoms with van der Waals surface area (Å²) in [5.74, 6) is -0.806. The van der Waals surface area contributed by atoms with Crippen LogP contribution in [-0.2, 0) is 9.53 Å². The molecule has 1 aliphatic rings. The average Bonchev–Trinajstić information content (AvgIpc) is 2.16. The zero-order valence-electron chi connectivity index (χ0n) is 6.15. The van der Waals surface area contributed by atoms with Crippen LogP contribution in [0.1, 0.15) is 6.92 Å². The van der Waals surface area contributed by atoms with Gasteiger partial charge in [0.25, 0.3) is 0 Å². The van der Waals surface area contributed by atoms with Crippen molar-refractivity contribution in [2.45, 2.75) is 24.7 Å². The summed E-state index contributed by atoms with van der Waals surface area (Å²) in [6.45, 7) is 4.80. The summed E-state index contributed by atoms with van der Waals surface area (Å²) >= 11 is 0. The van der Waals surface area contributed by atoms with Crippen LogP contribution in [0.5, 0.6) is 0 Å². The van der Waals surface area contributed by atoms with Gasteiger partial charge in [0.1, 0.15) is 6.10 Å². The molecule has 1 heterocycles. The molecular weight excluding hydrogens is 148 g/mol. The predicted molar refractivity (Wildman–Crippen MR) is 36.7 cm³/mol. The lowest BCUT2D eigenvalue weighted by molar-refractivity contribution is -0.147. The fraction of sp³-hybridized carbons (Fsp3) is 0.571. The second kappa shape index (κ2) is 2.32. The number of carbonyl (C=O) groups excluding carboxylic acids is 1. The van der Waals surface area contributed by atoms with Crippen molar-refractivity contribution in [1.29, 1.82) is 0 Å². The third kappa shape index (κ3) is 0.948. The molecule has 3 atom stereocenters. The van der Waals surface area contributed by atoms with Gasteiger partial charge in [-0.1, -0.05) is 12.7 Å². The van der Waals surface area contributed by atoms with Crippen LogP contribution in [0, 0.1) is 0 Å². The Kier molecular flexibility index (Phi) is 1.74. The van der Waals surface area contributed by atoms with Gasteiger partial charge in [-0.15, -0.1) is 0 Å². The van der Waals surface area contributed by atoms with Gasteiger partial charge in [0.2, 0.25) is 0 Å². The molecule has 0 saturated carbocycles. The number of rotatable bonds is 1. The van der Waals surface area contributed by atoms with Crippen molar-refractivity contribution in [3.05, 3.63) is 12.7 Å². The predicted octanol–water partition coefficient (Wildman–Crippen LogP) is -0.790. The molecule has 2 N–H and O–H groups in total. The first-order chi connectivity index (χ1) is 5.02. The highest BCUT2D eigenvalue weighted by atomic mass is 16.6. The number of aliphatic hydroxyl groups is 2. The maximum atomic E-state index is 10.7. The van der Waals surface area contributed by atoms with Gasteiger partial charge < -0.3 is 14.9 Å². The van der Waals surface area contributed by atoms with E-state index in [2.05, 4.69) is 11.3 Å². The van der Waals surface area contributed by atoms with Crippen LogP contribution in [0.2, 0.25) is 0 Å². The Hall–Kier alpha value is -0.870. The van der Waals surface area contributed by atoms with Crippen molar-refractivity contribution in [2.24, 2.45) is 0 Å². The standard InChI is InChI=1S/C7H10O4/c1-3-7(10)4(2)11-6(9)5(7)8/h3-5,8,10H,1H2,2H3/t4-,5+,7-/m1/s1. The minimum Gasteiger partial charge on any atom is -0.457 e. The molecule has 4 nitrogen and oxygen atoms in total. The molecule has 0 amide bonds. The number of hydrogen-bond donors (Lipinski definition) is 2. The zero-order chi connectivity index (χ0) is 8.65. The van der Waals surface area contributed by atoms with Gasteiger partial charge in [0, 0.05) is 0 Å². The monoisotopic (exact) mass is 158 g/mol. The number of cyclic esters (lactones) is 1. The van der Waals surface area contributed by atoms with Crippen molar-refractivity contribution in [1.82, 2.24) is 0 Å².